The first-order chi connectivity index (χ1) is 17.8. The van der Waals surface area contributed by atoms with E-state index >= 15 is 0 Å². The molecule has 3 unspecified atom stereocenters. The van der Waals surface area contributed by atoms with Crippen LogP contribution >= 0.6 is 23.5 Å². The van der Waals surface area contributed by atoms with Crippen LogP contribution in [-0.4, -0.2) is 43.0 Å². The molecule has 3 heterocycles. The minimum atomic E-state index is -6.14. The van der Waals surface area contributed by atoms with Crippen LogP contribution in [0.5, 0.6) is 0 Å². The van der Waals surface area contributed by atoms with Gasteiger partial charge in [-0.05, 0) is 5.53 Å². The fourth-order valence-electron chi connectivity index (χ4n) is 3.52. The van der Waals surface area contributed by atoms with Crippen LogP contribution in [0.1, 0.15) is 29.9 Å². The van der Waals surface area contributed by atoms with Gasteiger partial charge in [0, 0.05) is 23.1 Å². The molecule has 0 radical (unpaired) electrons. The highest BCUT2D eigenvalue weighted by molar-refractivity contribution is 7.64. The minimum absolute atomic E-state index is 0.0383. The molecule has 38 heavy (non-hydrogen) atoms. The molecule has 23 heteroatoms. The number of phosphoric ester groups is 1. The van der Waals surface area contributed by atoms with Gasteiger partial charge in [-0.25, -0.2) is 4.31 Å². The van der Waals surface area contributed by atoms with E-state index < -0.39 is 61.4 Å². The second-order valence-corrected chi connectivity index (χ2v) is 11.6. The molecule has 1 aromatic rings. The quantitative estimate of drug-likeness (QED) is 0.0815. The number of nitrogens with one attached hydrogen (secondary N) is 1. The van der Waals surface area contributed by atoms with Gasteiger partial charge in [-0.3, -0.25) is 18.4 Å². The smallest absolute Gasteiger partial charge is 0.278 e. The Morgan fingerprint density at radius 1 is 1.29 bits per heavy atom. The summed E-state index contributed by atoms with van der Waals surface area (Å²) in [7, 11) is -18.1. The predicted octanol–water partition coefficient (Wildman–Crippen LogP) is -2.03. The Bertz CT molecular complexity index is 1310. The van der Waals surface area contributed by atoms with Crippen LogP contribution in [0.25, 0.3) is 10.4 Å². The van der Waals surface area contributed by atoms with Crippen molar-refractivity contribution in [3.63, 3.8) is 0 Å². The van der Waals surface area contributed by atoms with Crippen molar-refractivity contribution in [1.29, 1.82) is 0 Å². The van der Waals surface area contributed by atoms with Crippen molar-refractivity contribution >= 4 is 35.6 Å². The number of anilines is 1. The largest absolute Gasteiger partial charge is 0.790 e. The number of rotatable bonds is 11. The monoisotopic (exact) mass is 596 g/mol. The van der Waals surface area contributed by atoms with Gasteiger partial charge in [0.2, 0.25) is 0 Å². The second kappa shape index (κ2) is 12.4. The molecule has 210 valence electrons. The number of nitrogens with two attached hydrogens (primary N) is 2. The normalized spacial score (nSPS) is 25.7. The summed E-state index contributed by atoms with van der Waals surface area (Å²) in [5.41, 5.74) is 21.0. The maximum Gasteiger partial charge on any atom is 0.278 e. The first-order valence-corrected chi connectivity index (χ1v) is 14.6. The van der Waals surface area contributed by atoms with E-state index in [1.165, 1.54) is 6.34 Å². The lowest BCUT2D eigenvalue weighted by atomic mass is 10.1. The maximum absolute atomic E-state index is 11.9. The highest BCUT2D eigenvalue weighted by atomic mass is 31.3. The molecule has 20 nitrogen and oxygen atoms in total. The summed E-state index contributed by atoms with van der Waals surface area (Å²) in [5.74, 6) is 6.03. The molecule has 0 amide bonds. The molecular weight excluding hydrogens is 577 g/mol. The molecule has 6 atom stereocenters. The molecular formula is C15H19N8O12P3-4. The molecule has 2 aliphatic rings. The first kappa shape index (κ1) is 30.4. The highest BCUT2D eigenvalue weighted by Gasteiger charge is 2.40. The standard InChI is InChI=1S/C15H23N8O12P3/c16-3-1-2-9-5-23(15-13(9)14(17)19-7-20-15)12-4-10(31-8-21-22-18)11(33-12)6-32-37(27,28)35-38(29,30)34-36(24,25)26/h5,7,10-12,14H,3-4,6,8,16-17H2,(H,19,20)(H,27,28)(H,29,30)(H2,24,25,26)/p-4/t10-,11-,12-,14?/m0/s1. The third-order valence-electron chi connectivity index (χ3n) is 4.83. The van der Waals surface area contributed by atoms with Crippen molar-refractivity contribution in [1.82, 2.24) is 4.57 Å². The number of hydrogen-bond acceptors (Lipinski definition) is 17. The Kier molecular flexibility index (Phi) is 9.90. The number of aliphatic imine (C=N–C) groups is 1. The summed E-state index contributed by atoms with van der Waals surface area (Å²) in [6.07, 6.45) is -0.835. The summed E-state index contributed by atoms with van der Waals surface area (Å²) >= 11 is 0. The fraction of sp³-hybridized carbons (Fsp3) is 0.533. The molecule has 1 saturated heterocycles. The highest BCUT2D eigenvalue weighted by Crippen LogP contribution is 2.60. The van der Waals surface area contributed by atoms with Crippen LogP contribution in [0.4, 0.5) is 5.82 Å². The third-order valence-corrected chi connectivity index (χ3v) is 8.49. The minimum Gasteiger partial charge on any atom is -0.790 e. The van der Waals surface area contributed by atoms with E-state index in [9.17, 15) is 33.3 Å². The van der Waals surface area contributed by atoms with E-state index in [-0.39, 0.29) is 13.0 Å². The summed E-state index contributed by atoms with van der Waals surface area (Å²) in [4.78, 5) is 50.9. The number of phosphoric acid groups is 3. The fourth-order valence-corrected chi connectivity index (χ4v) is 6.38. The predicted molar refractivity (Wildman–Crippen MR) is 118 cm³/mol. The molecule has 0 aromatic carbocycles. The van der Waals surface area contributed by atoms with Gasteiger partial charge in [0.1, 0.15) is 31.0 Å². The Morgan fingerprint density at radius 2 is 2.03 bits per heavy atom. The van der Waals surface area contributed by atoms with Gasteiger partial charge in [-0.15, -0.1) is 0 Å². The molecule has 1 aromatic heterocycles. The van der Waals surface area contributed by atoms with E-state index in [2.05, 4.69) is 45.3 Å². The molecule has 2 aliphatic heterocycles. The van der Waals surface area contributed by atoms with Crippen molar-refractivity contribution in [3.05, 3.63) is 27.8 Å². The third kappa shape index (κ3) is 8.18. The number of fused-ring (bicyclic) bond motifs is 1. The summed E-state index contributed by atoms with van der Waals surface area (Å²) in [6, 6.07) is 0. The van der Waals surface area contributed by atoms with E-state index in [1.807, 2.05) is 0 Å². The van der Waals surface area contributed by atoms with Crippen LogP contribution < -0.4 is 36.4 Å². The van der Waals surface area contributed by atoms with Gasteiger partial charge in [0.05, 0.1) is 39.0 Å². The zero-order chi connectivity index (χ0) is 28.1. The Morgan fingerprint density at radius 3 is 2.68 bits per heavy atom. The molecule has 3 rings (SSSR count). The van der Waals surface area contributed by atoms with Crippen molar-refractivity contribution in [2.45, 2.75) is 31.0 Å². The van der Waals surface area contributed by atoms with E-state index in [0.29, 0.717) is 16.9 Å². The summed E-state index contributed by atoms with van der Waals surface area (Å²) in [5, 5.41) is 6.16. The van der Waals surface area contributed by atoms with Crippen LogP contribution in [-0.2, 0) is 36.3 Å². The van der Waals surface area contributed by atoms with Gasteiger partial charge in [0.15, 0.2) is 0 Å². The SMILES string of the molecule is [N-]=[N+]=NCO[C@H]1C[C@@H](n2cc(C#CCN)c3c2NC=NC3N)O[C@H]1COP(=O)([O-])OP(=O)([O-])OP(=O)([O-])[O-]. The number of azide groups is 1. The van der Waals surface area contributed by atoms with Crippen molar-refractivity contribution < 1.29 is 55.9 Å². The number of hydrogen-bond donors (Lipinski definition) is 3. The van der Waals surface area contributed by atoms with E-state index in [1.54, 1.807) is 10.8 Å². The van der Waals surface area contributed by atoms with Crippen LogP contribution in [0.15, 0.2) is 16.3 Å². The Labute approximate surface area is 214 Å². The van der Waals surface area contributed by atoms with Gasteiger partial charge < -0.3 is 59.5 Å². The number of aromatic nitrogens is 1. The van der Waals surface area contributed by atoms with Gasteiger partial charge in [0.25, 0.3) is 15.6 Å². The van der Waals surface area contributed by atoms with E-state index in [0.717, 1.165) is 0 Å². The van der Waals surface area contributed by atoms with Crippen LogP contribution in [0, 0.1) is 11.8 Å². The lowest BCUT2D eigenvalue weighted by Crippen LogP contribution is -2.30. The zero-order valence-electron chi connectivity index (χ0n) is 18.9. The Balaban J connectivity index is 1.80. The second-order valence-electron chi connectivity index (χ2n) is 7.32. The van der Waals surface area contributed by atoms with Gasteiger partial charge in [-0.2, -0.15) is 0 Å². The molecule has 5 N–H and O–H groups in total. The average molecular weight is 596 g/mol. The van der Waals surface area contributed by atoms with Gasteiger partial charge in [-0.1, -0.05) is 17.0 Å². The summed E-state index contributed by atoms with van der Waals surface area (Å²) < 4.78 is 57.9. The van der Waals surface area contributed by atoms with Crippen molar-refractivity contribution in [3.8, 4) is 11.8 Å². The zero-order valence-corrected chi connectivity index (χ0v) is 21.6. The topological polar surface area (TPSA) is 320 Å². The average Bonchev–Trinajstić information content (AvgIpc) is 3.36. The van der Waals surface area contributed by atoms with Crippen molar-refractivity contribution in [2.75, 3.05) is 25.2 Å². The first-order valence-electron chi connectivity index (χ1n) is 10.2. The molecule has 1 fully saturated rings. The van der Waals surface area contributed by atoms with Crippen LogP contribution in [0.3, 0.4) is 0 Å². The van der Waals surface area contributed by atoms with Crippen molar-refractivity contribution in [2.24, 2.45) is 21.6 Å². The maximum atomic E-state index is 11.9. The molecule has 0 bridgehead atoms. The molecule has 0 spiro atoms. The molecule has 0 aliphatic carbocycles. The van der Waals surface area contributed by atoms with Gasteiger partial charge >= 0.3 is 0 Å². The lowest BCUT2D eigenvalue weighted by Gasteiger charge is -2.37. The Hall–Kier alpha value is -2.13. The lowest BCUT2D eigenvalue weighted by molar-refractivity contribution is -0.339. The van der Waals surface area contributed by atoms with Crippen LogP contribution in [0.2, 0.25) is 0 Å². The summed E-state index contributed by atoms with van der Waals surface area (Å²) in [6.45, 7) is -1.30. The number of ether oxygens (including phenoxy) is 2. The molecule has 0 saturated carbocycles. The van der Waals surface area contributed by atoms with E-state index in [4.69, 9.17) is 26.5 Å². The number of nitrogens with zero attached hydrogens (tertiary/aromatic N) is 5.